The van der Waals surface area contributed by atoms with Crippen molar-refractivity contribution in [1.29, 1.82) is 0 Å². The van der Waals surface area contributed by atoms with Gasteiger partial charge in [0.1, 0.15) is 7.05 Å². The third-order valence-corrected chi connectivity index (χ3v) is 5.74. The molecule has 0 radical (unpaired) electrons. The Labute approximate surface area is 184 Å². The van der Waals surface area contributed by atoms with E-state index in [1.54, 1.807) is 17.7 Å². The lowest BCUT2D eigenvalue weighted by molar-refractivity contribution is -0.659. The van der Waals surface area contributed by atoms with Crippen molar-refractivity contribution in [2.24, 2.45) is 7.05 Å². The highest BCUT2D eigenvalue weighted by Gasteiger charge is 2.29. The molecule has 3 aromatic heterocycles. The topological polar surface area (TPSA) is 29.9 Å². The van der Waals surface area contributed by atoms with Gasteiger partial charge in [0.15, 0.2) is 35.0 Å². The Balaban J connectivity index is 1.74. The minimum absolute atomic E-state index is 0.152. The maximum absolute atomic E-state index is 14.3. The van der Waals surface area contributed by atoms with Crippen LogP contribution in [-0.2, 0) is 7.05 Å². The van der Waals surface area contributed by atoms with E-state index in [1.165, 1.54) is 12.3 Å². The standard InChI is InChI=1S/C25H16F5N2O/c1-11-4-7-14-15-8-5-12(2)31-25(15)33-24(14)17(11)16-9-6-13(10-32(16)3)18-19(26)21(28)23(30)22(29)20(18)27/h4-10H,1-3H3/q+1. The zero-order valence-corrected chi connectivity index (χ0v) is 17.7. The van der Waals surface area contributed by atoms with E-state index in [4.69, 9.17) is 4.42 Å². The van der Waals surface area contributed by atoms with Crippen molar-refractivity contribution in [1.82, 2.24) is 4.98 Å². The van der Waals surface area contributed by atoms with Gasteiger partial charge >= 0.3 is 0 Å². The Hall–Kier alpha value is -3.81. The number of rotatable bonds is 2. The second-order valence-corrected chi connectivity index (χ2v) is 7.90. The first-order chi connectivity index (χ1) is 15.7. The van der Waals surface area contributed by atoms with Gasteiger partial charge in [-0.3, -0.25) is 0 Å². The number of furan rings is 1. The van der Waals surface area contributed by atoms with E-state index in [-0.39, 0.29) is 5.56 Å². The van der Waals surface area contributed by atoms with Crippen LogP contribution >= 0.6 is 0 Å². The largest absolute Gasteiger partial charge is 0.437 e. The van der Waals surface area contributed by atoms with Gasteiger partial charge in [0.2, 0.25) is 17.2 Å². The maximum Gasteiger partial charge on any atom is 0.227 e. The number of fused-ring (bicyclic) bond motifs is 3. The first-order valence-electron chi connectivity index (χ1n) is 10.0. The molecule has 166 valence electrons. The molecule has 0 aliphatic carbocycles. The summed E-state index contributed by atoms with van der Waals surface area (Å²) >= 11 is 0. The van der Waals surface area contributed by atoms with Crippen molar-refractivity contribution in [3.05, 3.63) is 82.9 Å². The van der Waals surface area contributed by atoms with Gasteiger partial charge in [-0.1, -0.05) is 12.1 Å². The van der Waals surface area contributed by atoms with E-state index in [9.17, 15) is 22.0 Å². The minimum atomic E-state index is -2.19. The molecule has 0 saturated heterocycles. The summed E-state index contributed by atoms with van der Waals surface area (Å²) < 4.78 is 77.1. The Morgan fingerprint density at radius 3 is 2.03 bits per heavy atom. The van der Waals surface area contributed by atoms with Crippen molar-refractivity contribution in [2.45, 2.75) is 13.8 Å². The van der Waals surface area contributed by atoms with Crippen LogP contribution in [0.15, 0.2) is 47.0 Å². The number of aryl methyl sites for hydroxylation is 3. The molecule has 0 fully saturated rings. The smallest absolute Gasteiger partial charge is 0.227 e. The molecule has 33 heavy (non-hydrogen) atoms. The van der Waals surface area contributed by atoms with Crippen LogP contribution in [0, 0.1) is 42.9 Å². The summed E-state index contributed by atoms with van der Waals surface area (Å²) in [6.07, 6.45) is 1.32. The highest BCUT2D eigenvalue weighted by Crippen LogP contribution is 2.37. The molecule has 8 heteroatoms. The monoisotopic (exact) mass is 455 g/mol. The first-order valence-corrected chi connectivity index (χ1v) is 10.0. The van der Waals surface area contributed by atoms with Gasteiger partial charge < -0.3 is 4.42 Å². The molecule has 0 unspecified atom stereocenters. The van der Waals surface area contributed by atoms with Crippen LogP contribution in [0.5, 0.6) is 0 Å². The predicted octanol–water partition coefficient (Wildman–Crippen LogP) is 6.45. The molecule has 3 heterocycles. The molecule has 0 bridgehead atoms. The van der Waals surface area contributed by atoms with Crippen LogP contribution in [0.3, 0.4) is 0 Å². The fourth-order valence-electron chi connectivity index (χ4n) is 4.10. The maximum atomic E-state index is 14.3. The van der Waals surface area contributed by atoms with Crippen molar-refractivity contribution in [3.63, 3.8) is 0 Å². The van der Waals surface area contributed by atoms with Gasteiger partial charge in [0, 0.05) is 22.5 Å². The molecular weight excluding hydrogens is 439 g/mol. The third-order valence-electron chi connectivity index (χ3n) is 5.74. The summed E-state index contributed by atoms with van der Waals surface area (Å²) in [4.78, 5) is 4.44. The van der Waals surface area contributed by atoms with Crippen LogP contribution in [0.1, 0.15) is 11.3 Å². The summed E-state index contributed by atoms with van der Waals surface area (Å²) in [7, 11) is 1.62. The quantitative estimate of drug-likeness (QED) is 0.133. The minimum Gasteiger partial charge on any atom is -0.437 e. The van der Waals surface area contributed by atoms with Crippen LogP contribution in [0.25, 0.3) is 44.5 Å². The van der Waals surface area contributed by atoms with Gasteiger partial charge in [-0.2, -0.15) is 0 Å². The van der Waals surface area contributed by atoms with Gasteiger partial charge in [-0.15, -0.1) is 0 Å². The third kappa shape index (κ3) is 3.08. The van der Waals surface area contributed by atoms with E-state index in [0.29, 0.717) is 17.0 Å². The van der Waals surface area contributed by atoms with Gasteiger partial charge in [0.25, 0.3) is 0 Å². The first kappa shape index (κ1) is 21.1. The van der Waals surface area contributed by atoms with E-state index in [1.807, 2.05) is 38.1 Å². The van der Waals surface area contributed by atoms with Crippen molar-refractivity contribution >= 4 is 22.1 Å². The molecule has 0 amide bonds. The number of hydrogen-bond acceptors (Lipinski definition) is 2. The normalized spacial score (nSPS) is 11.6. The number of pyridine rings is 2. The second-order valence-electron chi connectivity index (χ2n) is 7.90. The van der Waals surface area contributed by atoms with Crippen molar-refractivity contribution in [3.8, 4) is 22.4 Å². The van der Waals surface area contributed by atoms with Crippen LogP contribution in [0.2, 0.25) is 0 Å². The number of hydrogen-bond donors (Lipinski definition) is 0. The molecule has 2 aromatic carbocycles. The fraction of sp³-hybridized carbons (Fsp3) is 0.120. The molecule has 0 spiro atoms. The molecule has 5 aromatic rings. The number of halogens is 5. The van der Waals surface area contributed by atoms with E-state index in [0.717, 1.165) is 27.6 Å². The molecule has 3 nitrogen and oxygen atoms in total. The van der Waals surface area contributed by atoms with Crippen LogP contribution in [0.4, 0.5) is 22.0 Å². The highest BCUT2D eigenvalue weighted by molar-refractivity contribution is 6.08. The Bertz CT molecular complexity index is 1580. The van der Waals surface area contributed by atoms with E-state index >= 15 is 0 Å². The summed E-state index contributed by atoms with van der Waals surface area (Å²) in [5, 5.41) is 1.69. The Morgan fingerprint density at radius 2 is 1.36 bits per heavy atom. The average Bonchev–Trinajstić information content (AvgIpc) is 3.14. The van der Waals surface area contributed by atoms with E-state index < -0.39 is 34.6 Å². The van der Waals surface area contributed by atoms with Crippen molar-refractivity contribution < 1.29 is 30.9 Å². The number of nitrogens with zero attached hydrogens (tertiary/aromatic N) is 2. The van der Waals surface area contributed by atoms with Crippen LogP contribution < -0.4 is 4.57 Å². The lowest BCUT2D eigenvalue weighted by Crippen LogP contribution is -2.31. The van der Waals surface area contributed by atoms with Gasteiger partial charge in [-0.05, 0) is 37.6 Å². The molecular formula is C25H16F5N2O+. The molecule has 0 N–H and O–H groups in total. The SMILES string of the molecule is Cc1ccc2c(n1)oc1c(-c3ccc(-c4c(F)c(F)c(F)c(F)c4F)c[n+]3C)c(C)ccc12. The molecule has 0 aliphatic rings. The van der Waals surface area contributed by atoms with Gasteiger partial charge in [-0.25, -0.2) is 31.5 Å². The van der Waals surface area contributed by atoms with Gasteiger partial charge in [0.05, 0.1) is 16.7 Å². The lowest BCUT2D eigenvalue weighted by Gasteiger charge is -2.09. The molecule has 5 rings (SSSR count). The molecule has 0 saturated carbocycles. The lowest BCUT2D eigenvalue weighted by atomic mass is 9.99. The zero-order chi connectivity index (χ0) is 23.6. The summed E-state index contributed by atoms with van der Waals surface area (Å²) in [5.74, 6) is -9.92. The Kier molecular flexibility index (Phi) is 4.70. The summed E-state index contributed by atoms with van der Waals surface area (Å²) in [5.41, 5.74) is 2.97. The highest BCUT2D eigenvalue weighted by atomic mass is 19.2. The predicted molar refractivity (Wildman–Crippen MR) is 113 cm³/mol. The van der Waals surface area contributed by atoms with E-state index in [2.05, 4.69) is 4.98 Å². The van der Waals surface area contributed by atoms with Crippen molar-refractivity contribution in [2.75, 3.05) is 0 Å². The molecule has 0 atom stereocenters. The van der Waals surface area contributed by atoms with Crippen LogP contribution in [-0.4, -0.2) is 4.98 Å². The number of aromatic nitrogens is 2. The second kappa shape index (κ2) is 7.37. The Morgan fingerprint density at radius 1 is 0.727 bits per heavy atom. The fourth-order valence-corrected chi connectivity index (χ4v) is 4.10. The number of benzene rings is 2. The average molecular weight is 455 g/mol. The zero-order valence-electron chi connectivity index (χ0n) is 17.7. The molecule has 0 aliphatic heterocycles. The summed E-state index contributed by atoms with van der Waals surface area (Å²) in [6.45, 7) is 3.75. The summed E-state index contributed by atoms with van der Waals surface area (Å²) in [6, 6.07) is 10.5.